The molecule has 6 heteroatoms. The maximum absolute atomic E-state index is 11.3. The first-order valence-corrected chi connectivity index (χ1v) is 7.64. The molecule has 1 aromatic heterocycles. The Kier molecular flexibility index (Phi) is 2.98. The fourth-order valence-electron chi connectivity index (χ4n) is 3.71. The Morgan fingerprint density at radius 1 is 1.14 bits per heavy atom. The molecule has 22 heavy (non-hydrogen) atoms. The summed E-state index contributed by atoms with van der Waals surface area (Å²) in [7, 11) is 0. The van der Waals surface area contributed by atoms with Gasteiger partial charge < -0.3 is 19.0 Å². The number of ether oxygens (including phenoxy) is 2. The minimum Gasteiger partial charge on any atom is -0.408 e. The molecule has 0 bridgehead atoms. The first kappa shape index (κ1) is 14.0. The van der Waals surface area contributed by atoms with E-state index in [1.54, 1.807) is 6.07 Å². The highest BCUT2D eigenvalue weighted by molar-refractivity contribution is 5.74. The third kappa shape index (κ3) is 2.10. The van der Waals surface area contributed by atoms with Crippen LogP contribution >= 0.6 is 0 Å². The van der Waals surface area contributed by atoms with Crippen LogP contribution in [0.15, 0.2) is 21.3 Å². The van der Waals surface area contributed by atoms with Gasteiger partial charge >= 0.3 is 5.76 Å². The highest BCUT2D eigenvalue weighted by atomic mass is 16.7. The fourth-order valence-corrected chi connectivity index (χ4v) is 3.71. The highest BCUT2D eigenvalue weighted by Gasteiger charge is 2.46. The number of benzene rings is 1. The van der Waals surface area contributed by atoms with Gasteiger partial charge in [-0.15, -0.1) is 0 Å². The first-order chi connectivity index (χ1) is 10.5. The Morgan fingerprint density at radius 3 is 2.50 bits per heavy atom. The van der Waals surface area contributed by atoms with Crippen LogP contribution in [0, 0.1) is 6.92 Å². The van der Waals surface area contributed by atoms with Gasteiger partial charge in [0.05, 0.1) is 24.3 Å². The number of fused-ring (bicyclic) bond motifs is 1. The van der Waals surface area contributed by atoms with Crippen LogP contribution in [0.1, 0.15) is 36.8 Å². The Morgan fingerprint density at radius 2 is 1.82 bits per heavy atom. The minimum atomic E-state index is -0.936. The predicted molar refractivity (Wildman–Crippen MR) is 78.6 cm³/mol. The van der Waals surface area contributed by atoms with Crippen LogP contribution in [-0.4, -0.2) is 29.1 Å². The third-order valence-electron chi connectivity index (χ3n) is 4.92. The maximum atomic E-state index is 11.3. The molecule has 1 saturated carbocycles. The number of hydrogen-bond donors (Lipinski definition) is 2. The van der Waals surface area contributed by atoms with Crippen LogP contribution in [0.3, 0.4) is 0 Å². The van der Waals surface area contributed by atoms with Crippen LogP contribution in [0.4, 0.5) is 0 Å². The molecule has 0 radical (unpaired) electrons. The number of aryl methyl sites for hydroxylation is 1. The lowest BCUT2D eigenvalue weighted by atomic mass is 9.75. The fraction of sp³-hybridized carbons (Fsp3) is 0.562. The molecule has 4 rings (SSSR count). The third-order valence-corrected chi connectivity index (χ3v) is 4.92. The molecule has 2 aromatic rings. The standard InChI is InChI=1S/C16H19NO5/c1-10-8-12-13(22-14(18)17-12)9-11(10)15(19)2-4-16(5-3-15)20-6-7-21-16/h8-9,19H,2-7H2,1H3,(H,17,18). The van der Waals surface area contributed by atoms with E-state index in [1.165, 1.54) is 0 Å². The molecule has 2 fully saturated rings. The van der Waals surface area contributed by atoms with Gasteiger partial charge in [0.25, 0.3) is 0 Å². The molecular formula is C16H19NO5. The predicted octanol–water partition coefficient (Wildman–Crippen LogP) is 1.93. The molecule has 2 N–H and O–H groups in total. The monoisotopic (exact) mass is 305 g/mol. The number of aromatic nitrogens is 1. The zero-order valence-corrected chi connectivity index (χ0v) is 12.5. The molecule has 1 aliphatic heterocycles. The van der Waals surface area contributed by atoms with Crippen LogP contribution in [0.5, 0.6) is 0 Å². The van der Waals surface area contributed by atoms with E-state index < -0.39 is 17.1 Å². The largest absolute Gasteiger partial charge is 0.417 e. The molecule has 118 valence electrons. The van der Waals surface area contributed by atoms with Gasteiger partial charge in [-0.1, -0.05) is 0 Å². The summed E-state index contributed by atoms with van der Waals surface area (Å²) in [4.78, 5) is 14.0. The molecule has 2 heterocycles. The summed E-state index contributed by atoms with van der Waals surface area (Å²) in [5.74, 6) is -0.987. The van der Waals surface area contributed by atoms with Crippen molar-refractivity contribution in [2.45, 2.75) is 44.0 Å². The van der Waals surface area contributed by atoms with Gasteiger partial charge in [-0.2, -0.15) is 0 Å². The lowest BCUT2D eigenvalue weighted by molar-refractivity contribution is -0.204. The number of aromatic amines is 1. The number of hydrogen-bond acceptors (Lipinski definition) is 5. The average Bonchev–Trinajstić information content (AvgIpc) is 3.08. The molecule has 0 unspecified atom stereocenters. The Hall–Kier alpha value is -1.63. The van der Waals surface area contributed by atoms with E-state index in [0.717, 1.165) is 11.1 Å². The molecule has 1 saturated heterocycles. The molecule has 1 aromatic carbocycles. The summed E-state index contributed by atoms with van der Waals surface area (Å²) in [6.07, 6.45) is 2.46. The van der Waals surface area contributed by atoms with Gasteiger partial charge in [0.15, 0.2) is 11.4 Å². The highest BCUT2D eigenvalue weighted by Crippen LogP contribution is 2.46. The first-order valence-electron chi connectivity index (χ1n) is 7.64. The second-order valence-electron chi connectivity index (χ2n) is 6.32. The smallest absolute Gasteiger partial charge is 0.408 e. The summed E-state index contributed by atoms with van der Waals surface area (Å²) < 4.78 is 16.6. The van der Waals surface area contributed by atoms with Crippen molar-refractivity contribution in [3.63, 3.8) is 0 Å². The van der Waals surface area contributed by atoms with Gasteiger partial charge in [-0.3, -0.25) is 4.98 Å². The number of aliphatic hydroxyl groups is 1. The van der Waals surface area contributed by atoms with Gasteiger partial charge in [0, 0.05) is 12.8 Å². The van der Waals surface area contributed by atoms with Gasteiger partial charge in [-0.05, 0) is 43.0 Å². The number of oxazole rings is 1. The Balaban J connectivity index is 1.68. The van der Waals surface area contributed by atoms with Crippen molar-refractivity contribution in [2.24, 2.45) is 0 Å². The Bertz CT molecular complexity index is 758. The summed E-state index contributed by atoms with van der Waals surface area (Å²) in [5.41, 5.74) is 1.96. The zero-order chi connectivity index (χ0) is 15.4. The summed E-state index contributed by atoms with van der Waals surface area (Å²) in [6, 6.07) is 3.62. The lowest BCUT2D eigenvalue weighted by Gasteiger charge is -2.41. The molecular weight excluding hydrogens is 286 g/mol. The van der Waals surface area contributed by atoms with Crippen molar-refractivity contribution in [3.8, 4) is 0 Å². The van der Waals surface area contributed by atoms with Crippen molar-refractivity contribution in [3.05, 3.63) is 33.8 Å². The SMILES string of the molecule is Cc1cc2[nH]c(=O)oc2cc1C1(O)CCC2(CC1)OCCO2. The maximum Gasteiger partial charge on any atom is 0.417 e. The van der Waals surface area contributed by atoms with Gasteiger partial charge in [-0.25, -0.2) is 4.79 Å². The molecule has 2 aliphatic rings. The van der Waals surface area contributed by atoms with E-state index in [-0.39, 0.29) is 0 Å². The van der Waals surface area contributed by atoms with E-state index >= 15 is 0 Å². The Labute approximate surface area is 127 Å². The van der Waals surface area contributed by atoms with Crippen LogP contribution < -0.4 is 5.76 Å². The van der Waals surface area contributed by atoms with E-state index in [2.05, 4.69) is 4.98 Å². The van der Waals surface area contributed by atoms with Crippen LogP contribution in [-0.2, 0) is 15.1 Å². The zero-order valence-electron chi connectivity index (χ0n) is 12.5. The molecule has 6 nitrogen and oxygen atoms in total. The van der Waals surface area contributed by atoms with Crippen molar-refractivity contribution >= 4 is 11.1 Å². The van der Waals surface area contributed by atoms with Crippen molar-refractivity contribution in [2.75, 3.05) is 13.2 Å². The summed E-state index contributed by atoms with van der Waals surface area (Å²) >= 11 is 0. The van der Waals surface area contributed by atoms with Crippen LogP contribution in [0.2, 0.25) is 0 Å². The number of rotatable bonds is 1. The summed E-state index contributed by atoms with van der Waals surface area (Å²) in [5, 5.41) is 11.1. The molecule has 0 atom stereocenters. The van der Waals surface area contributed by atoms with E-state index in [4.69, 9.17) is 13.9 Å². The second-order valence-corrected chi connectivity index (χ2v) is 6.32. The quantitative estimate of drug-likeness (QED) is 0.841. The normalized spacial score (nSPS) is 23.4. The minimum absolute atomic E-state index is 0.478. The molecule has 0 amide bonds. The summed E-state index contributed by atoms with van der Waals surface area (Å²) in [6.45, 7) is 3.18. The average molecular weight is 305 g/mol. The van der Waals surface area contributed by atoms with E-state index in [0.29, 0.717) is 50.0 Å². The van der Waals surface area contributed by atoms with Crippen molar-refractivity contribution in [1.82, 2.24) is 4.98 Å². The second kappa shape index (κ2) is 4.68. The molecule has 1 spiro atoms. The van der Waals surface area contributed by atoms with Gasteiger partial charge in [0.1, 0.15) is 0 Å². The van der Waals surface area contributed by atoms with E-state index in [9.17, 15) is 9.90 Å². The van der Waals surface area contributed by atoms with Crippen molar-refractivity contribution < 1.29 is 19.0 Å². The topological polar surface area (TPSA) is 84.7 Å². The van der Waals surface area contributed by atoms with Crippen molar-refractivity contribution in [1.29, 1.82) is 0 Å². The number of nitrogens with one attached hydrogen (secondary N) is 1. The van der Waals surface area contributed by atoms with Crippen LogP contribution in [0.25, 0.3) is 11.1 Å². The number of H-pyrrole nitrogens is 1. The molecule has 1 aliphatic carbocycles. The lowest BCUT2D eigenvalue weighted by Crippen LogP contribution is -2.42. The van der Waals surface area contributed by atoms with E-state index in [1.807, 2.05) is 13.0 Å². The van der Waals surface area contributed by atoms with Gasteiger partial charge in [0.2, 0.25) is 0 Å².